The molecule has 0 atom stereocenters. The highest BCUT2D eigenvalue weighted by Gasteiger charge is 2.31. The van der Waals surface area contributed by atoms with Gasteiger partial charge in [-0.2, -0.15) is 0 Å². The van der Waals surface area contributed by atoms with Crippen molar-refractivity contribution in [3.8, 4) is 17.2 Å². The van der Waals surface area contributed by atoms with Crippen LogP contribution in [-0.4, -0.2) is 35.6 Å². The Morgan fingerprint density at radius 1 is 1.03 bits per heavy atom. The predicted molar refractivity (Wildman–Crippen MR) is 124 cm³/mol. The van der Waals surface area contributed by atoms with Gasteiger partial charge in [-0.15, -0.1) is 0 Å². The SMILES string of the molecule is CCOC(=O)C(C)(C)Oc1ccc(OCCCn2ccc3cc(OSC)ccc32)cc1. The van der Waals surface area contributed by atoms with Crippen LogP contribution in [0.3, 0.4) is 0 Å². The topological polar surface area (TPSA) is 58.9 Å². The molecule has 3 aromatic rings. The van der Waals surface area contributed by atoms with Gasteiger partial charge < -0.3 is 23.0 Å². The van der Waals surface area contributed by atoms with Crippen LogP contribution in [0.1, 0.15) is 27.2 Å². The normalized spacial score (nSPS) is 11.4. The summed E-state index contributed by atoms with van der Waals surface area (Å²) in [6.07, 6.45) is 4.87. The molecule has 0 bridgehead atoms. The third-order valence-corrected chi connectivity index (χ3v) is 5.06. The summed E-state index contributed by atoms with van der Waals surface area (Å²) >= 11 is 1.34. The number of benzene rings is 2. The van der Waals surface area contributed by atoms with Crippen LogP contribution in [0.4, 0.5) is 0 Å². The number of hydrogen-bond donors (Lipinski definition) is 0. The van der Waals surface area contributed by atoms with Crippen LogP contribution >= 0.6 is 12.0 Å². The largest absolute Gasteiger partial charge is 0.494 e. The van der Waals surface area contributed by atoms with Crippen molar-refractivity contribution in [3.63, 3.8) is 0 Å². The van der Waals surface area contributed by atoms with E-state index in [1.54, 1.807) is 32.9 Å². The standard InChI is InChI=1S/C24H29NO5S/c1-5-27-23(26)24(2,3)29-20-9-7-19(8-10-20)28-16-6-14-25-15-13-18-17-21(30-31-4)11-12-22(18)25/h7-13,15,17H,5-6,14,16H2,1-4H3. The van der Waals surface area contributed by atoms with Crippen LogP contribution in [0.2, 0.25) is 0 Å². The molecule has 0 amide bonds. The first-order chi connectivity index (χ1) is 14.9. The zero-order valence-corrected chi connectivity index (χ0v) is 19.2. The number of rotatable bonds is 11. The first kappa shape index (κ1) is 22.9. The van der Waals surface area contributed by atoms with Crippen molar-refractivity contribution in [1.29, 1.82) is 0 Å². The van der Waals surface area contributed by atoms with Gasteiger partial charge in [0.15, 0.2) is 5.60 Å². The van der Waals surface area contributed by atoms with E-state index in [0.717, 1.165) is 29.9 Å². The molecule has 0 saturated carbocycles. The highest BCUT2D eigenvalue weighted by atomic mass is 32.2. The molecule has 31 heavy (non-hydrogen) atoms. The van der Waals surface area contributed by atoms with Crippen LogP contribution in [0.15, 0.2) is 54.7 Å². The molecule has 1 aromatic heterocycles. The summed E-state index contributed by atoms with van der Waals surface area (Å²) in [7, 11) is 0. The second kappa shape index (κ2) is 10.5. The van der Waals surface area contributed by atoms with Gasteiger partial charge in [-0.3, -0.25) is 0 Å². The fraction of sp³-hybridized carbons (Fsp3) is 0.375. The summed E-state index contributed by atoms with van der Waals surface area (Å²) in [6.45, 7) is 6.94. The zero-order valence-electron chi connectivity index (χ0n) is 18.4. The van der Waals surface area contributed by atoms with Gasteiger partial charge in [0.05, 0.1) is 25.3 Å². The van der Waals surface area contributed by atoms with Crippen molar-refractivity contribution in [2.45, 2.75) is 39.3 Å². The van der Waals surface area contributed by atoms with Gasteiger partial charge in [-0.1, -0.05) is 0 Å². The molecular weight excluding hydrogens is 414 g/mol. The summed E-state index contributed by atoms with van der Waals surface area (Å²) in [6, 6.07) is 15.5. The van der Waals surface area contributed by atoms with Crippen molar-refractivity contribution in [1.82, 2.24) is 4.57 Å². The number of esters is 1. The Bertz CT molecular complexity index is 997. The highest BCUT2D eigenvalue weighted by molar-refractivity contribution is 7.94. The number of hydrogen-bond acceptors (Lipinski definition) is 6. The maximum absolute atomic E-state index is 12.0. The average Bonchev–Trinajstić information content (AvgIpc) is 3.15. The van der Waals surface area contributed by atoms with Crippen LogP contribution in [0, 0.1) is 0 Å². The monoisotopic (exact) mass is 443 g/mol. The molecule has 0 N–H and O–H groups in total. The highest BCUT2D eigenvalue weighted by Crippen LogP contribution is 2.25. The molecule has 166 valence electrons. The van der Waals surface area contributed by atoms with E-state index >= 15 is 0 Å². The molecule has 7 heteroatoms. The lowest BCUT2D eigenvalue weighted by atomic mass is 10.1. The van der Waals surface area contributed by atoms with E-state index in [4.69, 9.17) is 18.4 Å². The number of aromatic nitrogens is 1. The Kier molecular flexibility index (Phi) is 7.74. The number of carbonyl (C=O) groups is 1. The van der Waals surface area contributed by atoms with E-state index in [1.807, 2.05) is 30.5 Å². The molecule has 2 aromatic carbocycles. The van der Waals surface area contributed by atoms with Gasteiger partial charge in [0, 0.05) is 29.9 Å². The minimum atomic E-state index is -1.04. The lowest BCUT2D eigenvalue weighted by Gasteiger charge is -2.24. The lowest BCUT2D eigenvalue weighted by molar-refractivity contribution is -0.158. The number of fused-ring (bicyclic) bond motifs is 1. The lowest BCUT2D eigenvalue weighted by Crippen LogP contribution is -2.39. The van der Waals surface area contributed by atoms with Gasteiger partial charge in [-0.25, -0.2) is 4.79 Å². The maximum atomic E-state index is 12.0. The van der Waals surface area contributed by atoms with Crippen molar-refractivity contribution in [2.24, 2.45) is 0 Å². The molecule has 0 aliphatic heterocycles. The van der Waals surface area contributed by atoms with Crippen molar-refractivity contribution >= 4 is 28.9 Å². The molecule has 0 saturated heterocycles. The molecule has 0 aliphatic carbocycles. The Morgan fingerprint density at radius 2 is 1.74 bits per heavy atom. The van der Waals surface area contributed by atoms with E-state index in [0.29, 0.717) is 19.0 Å². The maximum Gasteiger partial charge on any atom is 0.349 e. The fourth-order valence-electron chi connectivity index (χ4n) is 3.19. The summed E-state index contributed by atoms with van der Waals surface area (Å²) < 4.78 is 24.4. The van der Waals surface area contributed by atoms with Crippen LogP contribution in [0.25, 0.3) is 10.9 Å². The minimum Gasteiger partial charge on any atom is -0.494 e. The van der Waals surface area contributed by atoms with Gasteiger partial charge >= 0.3 is 5.97 Å². The van der Waals surface area contributed by atoms with E-state index < -0.39 is 5.60 Å². The minimum absolute atomic E-state index is 0.324. The van der Waals surface area contributed by atoms with E-state index in [-0.39, 0.29) is 5.97 Å². The molecule has 1 heterocycles. The predicted octanol–water partition coefficient (Wildman–Crippen LogP) is 5.49. The average molecular weight is 444 g/mol. The number of carbonyl (C=O) groups excluding carboxylic acids is 1. The van der Waals surface area contributed by atoms with E-state index in [2.05, 4.69) is 22.9 Å². The first-order valence-electron chi connectivity index (χ1n) is 10.3. The summed E-state index contributed by atoms with van der Waals surface area (Å²) in [5.74, 6) is 1.83. The van der Waals surface area contributed by atoms with Crippen LogP contribution in [-0.2, 0) is 16.1 Å². The molecule has 0 fully saturated rings. The Balaban J connectivity index is 1.48. The molecule has 0 aliphatic rings. The van der Waals surface area contributed by atoms with Crippen molar-refractivity contribution in [3.05, 3.63) is 54.7 Å². The van der Waals surface area contributed by atoms with Crippen molar-refractivity contribution < 1.29 is 23.2 Å². The summed E-state index contributed by atoms with van der Waals surface area (Å²) in [4.78, 5) is 12.0. The fourth-order valence-corrected chi connectivity index (χ4v) is 3.49. The second-order valence-electron chi connectivity index (χ2n) is 7.49. The van der Waals surface area contributed by atoms with E-state index in [9.17, 15) is 4.79 Å². The summed E-state index contributed by atoms with van der Waals surface area (Å²) in [5, 5.41) is 1.16. The Hall–Kier alpha value is -2.80. The van der Waals surface area contributed by atoms with Crippen LogP contribution in [0.5, 0.6) is 17.2 Å². The Labute approximate surface area is 187 Å². The van der Waals surface area contributed by atoms with Gasteiger partial charge in [0.25, 0.3) is 0 Å². The van der Waals surface area contributed by atoms with Crippen LogP contribution < -0.4 is 13.7 Å². The number of nitrogens with zero attached hydrogens (tertiary/aromatic N) is 1. The molecule has 3 rings (SSSR count). The molecule has 0 spiro atoms. The van der Waals surface area contributed by atoms with E-state index in [1.165, 1.54) is 17.6 Å². The molecule has 0 radical (unpaired) electrons. The van der Waals surface area contributed by atoms with Crippen molar-refractivity contribution in [2.75, 3.05) is 19.5 Å². The zero-order chi connectivity index (χ0) is 22.3. The quantitative estimate of drug-likeness (QED) is 0.222. The van der Waals surface area contributed by atoms with Gasteiger partial charge in [0.2, 0.25) is 0 Å². The number of ether oxygens (including phenoxy) is 3. The summed E-state index contributed by atoms with van der Waals surface area (Å²) in [5.41, 5.74) is 0.138. The molecule has 6 nitrogen and oxygen atoms in total. The molecular formula is C24H29NO5S. The second-order valence-corrected chi connectivity index (χ2v) is 7.99. The van der Waals surface area contributed by atoms with Gasteiger partial charge in [-0.05, 0) is 75.7 Å². The third-order valence-electron chi connectivity index (χ3n) is 4.70. The van der Waals surface area contributed by atoms with Gasteiger partial charge in [0.1, 0.15) is 17.2 Å². The molecule has 0 unspecified atom stereocenters. The first-order valence-corrected chi connectivity index (χ1v) is 11.5. The number of aryl methyl sites for hydroxylation is 1. The third kappa shape index (κ3) is 6.10. The Morgan fingerprint density at radius 3 is 2.45 bits per heavy atom. The smallest absolute Gasteiger partial charge is 0.349 e.